The molecule has 0 unspecified atom stereocenters. The molecule has 1 aromatic heterocycles. The lowest BCUT2D eigenvalue weighted by molar-refractivity contribution is -0.384. The van der Waals surface area contributed by atoms with Gasteiger partial charge in [-0.15, -0.1) is 10.2 Å². The SMILES string of the molecule is O=[N+]([O-])c1ccc(CSc2nnc(-c3ccccc3Br)n2Cc2ccccc2)cc1. The van der Waals surface area contributed by atoms with Crippen molar-refractivity contribution in [1.82, 2.24) is 14.8 Å². The van der Waals surface area contributed by atoms with Crippen LogP contribution in [-0.4, -0.2) is 19.7 Å². The Bertz CT molecular complexity index is 1160. The number of hydrogen-bond donors (Lipinski definition) is 0. The number of non-ortho nitro benzene ring substituents is 1. The highest BCUT2D eigenvalue weighted by Crippen LogP contribution is 2.31. The maximum Gasteiger partial charge on any atom is 0.269 e. The summed E-state index contributed by atoms with van der Waals surface area (Å²) in [4.78, 5) is 10.5. The first-order valence-corrected chi connectivity index (χ1v) is 11.0. The largest absolute Gasteiger partial charge is 0.298 e. The minimum atomic E-state index is -0.391. The van der Waals surface area contributed by atoms with Crippen LogP contribution >= 0.6 is 27.7 Å². The number of aromatic nitrogens is 3. The second kappa shape index (κ2) is 9.23. The molecule has 0 aliphatic heterocycles. The minimum Gasteiger partial charge on any atom is -0.298 e. The van der Waals surface area contributed by atoms with E-state index in [4.69, 9.17) is 0 Å². The molecule has 3 aromatic carbocycles. The van der Waals surface area contributed by atoms with Gasteiger partial charge in [0.2, 0.25) is 0 Å². The van der Waals surface area contributed by atoms with Crippen LogP contribution in [0.5, 0.6) is 0 Å². The summed E-state index contributed by atoms with van der Waals surface area (Å²) in [6.45, 7) is 0.646. The van der Waals surface area contributed by atoms with Crippen LogP contribution in [0.2, 0.25) is 0 Å². The van der Waals surface area contributed by atoms with Crippen molar-refractivity contribution in [2.24, 2.45) is 0 Å². The Morgan fingerprint density at radius 1 is 0.900 bits per heavy atom. The second-order valence-electron chi connectivity index (χ2n) is 6.57. The van der Waals surface area contributed by atoms with Gasteiger partial charge in [0.15, 0.2) is 11.0 Å². The van der Waals surface area contributed by atoms with Crippen LogP contribution in [0, 0.1) is 10.1 Å². The van der Waals surface area contributed by atoms with Gasteiger partial charge < -0.3 is 0 Å². The molecule has 0 bridgehead atoms. The van der Waals surface area contributed by atoms with Crippen molar-refractivity contribution in [3.05, 3.63) is 105 Å². The molecule has 0 radical (unpaired) electrons. The smallest absolute Gasteiger partial charge is 0.269 e. The van der Waals surface area contributed by atoms with E-state index in [2.05, 4.69) is 42.8 Å². The number of thioether (sulfide) groups is 1. The van der Waals surface area contributed by atoms with Gasteiger partial charge in [-0.25, -0.2) is 0 Å². The monoisotopic (exact) mass is 480 g/mol. The fourth-order valence-electron chi connectivity index (χ4n) is 3.01. The van der Waals surface area contributed by atoms with Crippen LogP contribution in [-0.2, 0) is 12.3 Å². The van der Waals surface area contributed by atoms with E-state index in [9.17, 15) is 10.1 Å². The molecule has 0 aliphatic rings. The molecule has 0 saturated carbocycles. The summed E-state index contributed by atoms with van der Waals surface area (Å²) in [5, 5.41) is 20.5. The van der Waals surface area contributed by atoms with Crippen LogP contribution in [0.25, 0.3) is 11.4 Å². The highest BCUT2D eigenvalue weighted by Gasteiger charge is 2.17. The van der Waals surface area contributed by atoms with Crippen LogP contribution in [0.3, 0.4) is 0 Å². The molecule has 0 aliphatic carbocycles. The highest BCUT2D eigenvalue weighted by molar-refractivity contribution is 9.10. The molecule has 150 valence electrons. The lowest BCUT2D eigenvalue weighted by Gasteiger charge is -2.11. The van der Waals surface area contributed by atoms with Crippen molar-refractivity contribution in [1.29, 1.82) is 0 Å². The number of nitrogens with zero attached hydrogens (tertiary/aromatic N) is 4. The van der Waals surface area contributed by atoms with Crippen LogP contribution < -0.4 is 0 Å². The second-order valence-corrected chi connectivity index (χ2v) is 8.37. The fourth-order valence-corrected chi connectivity index (χ4v) is 4.36. The van der Waals surface area contributed by atoms with Gasteiger partial charge in [-0.2, -0.15) is 0 Å². The normalized spacial score (nSPS) is 10.8. The summed E-state index contributed by atoms with van der Waals surface area (Å²) in [6, 6.07) is 24.7. The molecule has 1 heterocycles. The Hall–Kier alpha value is -2.97. The van der Waals surface area contributed by atoms with Gasteiger partial charge in [0.1, 0.15) is 0 Å². The molecule has 6 nitrogen and oxygen atoms in total. The van der Waals surface area contributed by atoms with E-state index in [0.29, 0.717) is 12.3 Å². The molecule has 4 aromatic rings. The molecule has 0 amide bonds. The van der Waals surface area contributed by atoms with Crippen molar-refractivity contribution < 1.29 is 4.92 Å². The van der Waals surface area contributed by atoms with Gasteiger partial charge >= 0.3 is 0 Å². The van der Waals surface area contributed by atoms with Gasteiger partial charge in [0.05, 0.1) is 11.5 Å². The summed E-state index contributed by atoms with van der Waals surface area (Å²) >= 11 is 5.17. The van der Waals surface area contributed by atoms with Gasteiger partial charge in [0.25, 0.3) is 5.69 Å². The molecular weight excluding hydrogens is 464 g/mol. The highest BCUT2D eigenvalue weighted by atomic mass is 79.9. The number of rotatable bonds is 7. The van der Waals surface area contributed by atoms with Gasteiger partial charge in [-0.1, -0.05) is 88.4 Å². The number of benzene rings is 3. The Balaban J connectivity index is 1.63. The summed E-state index contributed by atoms with van der Waals surface area (Å²) in [5.74, 6) is 1.43. The van der Waals surface area contributed by atoms with Gasteiger partial charge in [0, 0.05) is 27.9 Å². The Kier molecular flexibility index (Phi) is 6.25. The lowest BCUT2D eigenvalue weighted by atomic mass is 10.2. The van der Waals surface area contributed by atoms with Gasteiger partial charge in [-0.3, -0.25) is 14.7 Å². The molecule has 0 fully saturated rings. The summed E-state index contributed by atoms with van der Waals surface area (Å²) in [5.41, 5.74) is 3.21. The first kappa shape index (κ1) is 20.3. The van der Waals surface area contributed by atoms with Crippen molar-refractivity contribution >= 4 is 33.4 Å². The summed E-state index contributed by atoms with van der Waals surface area (Å²) in [6.07, 6.45) is 0. The van der Waals surface area contributed by atoms with Crippen molar-refractivity contribution in [3.8, 4) is 11.4 Å². The summed E-state index contributed by atoms with van der Waals surface area (Å²) < 4.78 is 3.06. The number of hydrogen-bond acceptors (Lipinski definition) is 5. The van der Waals surface area contributed by atoms with E-state index in [-0.39, 0.29) is 5.69 Å². The zero-order chi connectivity index (χ0) is 20.9. The fraction of sp³-hybridized carbons (Fsp3) is 0.0909. The number of nitro benzene ring substituents is 1. The Morgan fingerprint density at radius 2 is 1.60 bits per heavy atom. The zero-order valence-corrected chi connectivity index (χ0v) is 18.2. The van der Waals surface area contributed by atoms with E-state index in [1.165, 1.54) is 12.1 Å². The predicted octanol–water partition coefficient (Wildman–Crippen LogP) is 5.96. The third-order valence-electron chi connectivity index (χ3n) is 4.53. The molecule has 0 N–H and O–H groups in total. The Morgan fingerprint density at radius 3 is 2.30 bits per heavy atom. The van der Waals surface area contributed by atoms with E-state index >= 15 is 0 Å². The predicted molar refractivity (Wildman–Crippen MR) is 121 cm³/mol. The third kappa shape index (κ3) is 4.60. The van der Waals surface area contributed by atoms with Crippen molar-refractivity contribution in [2.45, 2.75) is 17.5 Å². The van der Waals surface area contributed by atoms with Crippen LogP contribution in [0.1, 0.15) is 11.1 Å². The molecule has 30 heavy (non-hydrogen) atoms. The molecule has 0 spiro atoms. The number of halogens is 1. The summed E-state index contributed by atoms with van der Waals surface area (Å²) in [7, 11) is 0. The topological polar surface area (TPSA) is 73.8 Å². The van der Waals surface area contributed by atoms with Crippen LogP contribution in [0.4, 0.5) is 5.69 Å². The third-order valence-corrected chi connectivity index (χ3v) is 6.26. The maximum absolute atomic E-state index is 10.8. The first-order chi connectivity index (χ1) is 14.6. The number of nitro groups is 1. The van der Waals surface area contributed by atoms with E-state index in [1.807, 2.05) is 42.5 Å². The molecule has 0 saturated heterocycles. The lowest BCUT2D eigenvalue weighted by Crippen LogP contribution is -2.04. The minimum absolute atomic E-state index is 0.0900. The van der Waals surface area contributed by atoms with Crippen molar-refractivity contribution in [2.75, 3.05) is 0 Å². The average molecular weight is 481 g/mol. The van der Waals surface area contributed by atoms with Crippen LogP contribution in [0.15, 0.2) is 88.5 Å². The maximum atomic E-state index is 10.8. The van der Waals surface area contributed by atoms with Gasteiger partial charge in [-0.05, 0) is 17.2 Å². The quantitative estimate of drug-likeness (QED) is 0.185. The molecule has 4 rings (SSSR count). The molecule has 0 atom stereocenters. The van der Waals surface area contributed by atoms with E-state index in [1.54, 1.807) is 23.9 Å². The zero-order valence-electron chi connectivity index (χ0n) is 15.8. The average Bonchev–Trinajstić information content (AvgIpc) is 3.15. The Labute approximate surface area is 186 Å². The van der Waals surface area contributed by atoms with E-state index < -0.39 is 4.92 Å². The molecule has 8 heteroatoms. The molecular formula is C22H17BrN4O2S. The standard InChI is InChI=1S/C22H17BrN4O2S/c23-20-9-5-4-8-19(20)21-24-25-22(26(21)14-16-6-2-1-3-7-16)30-15-17-10-12-18(13-11-17)27(28)29/h1-13H,14-15H2. The van der Waals surface area contributed by atoms with Crippen molar-refractivity contribution in [3.63, 3.8) is 0 Å². The van der Waals surface area contributed by atoms with E-state index in [0.717, 1.165) is 32.1 Å². The first-order valence-electron chi connectivity index (χ1n) is 9.20.